The minimum atomic E-state index is 0.0141. The van der Waals surface area contributed by atoms with E-state index in [1.54, 1.807) is 7.05 Å². The Hall–Kier alpha value is -0.810. The average molecular weight is 214 g/mol. The fourth-order valence-corrected chi connectivity index (χ4v) is 1.80. The minimum absolute atomic E-state index is 0.0141. The van der Waals surface area contributed by atoms with Crippen LogP contribution in [0.2, 0.25) is 0 Å². The van der Waals surface area contributed by atoms with Crippen molar-refractivity contribution >= 4 is 6.03 Å². The third kappa shape index (κ3) is 2.82. The molecule has 2 amide bonds. The van der Waals surface area contributed by atoms with Crippen LogP contribution < -0.4 is 11.1 Å². The summed E-state index contributed by atoms with van der Waals surface area (Å²) in [6, 6.07) is 0.0141. The van der Waals surface area contributed by atoms with Crippen LogP contribution in [0.25, 0.3) is 0 Å². The molecule has 15 heavy (non-hydrogen) atoms. The lowest BCUT2D eigenvalue weighted by atomic mass is 10.0. The molecule has 1 aliphatic rings. The van der Waals surface area contributed by atoms with Gasteiger partial charge in [-0.1, -0.05) is 0 Å². The number of hydrogen-bond donors (Lipinski definition) is 2. The van der Waals surface area contributed by atoms with Gasteiger partial charge in [0.25, 0.3) is 0 Å². The molecule has 1 rings (SSSR count). The smallest absolute Gasteiger partial charge is 0.317 e. The van der Waals surface area contributed by atoms with E-state index in [1.165, 1.54) is 0 Å². The van der Waals surface area contributed by atoms with Gasteiger partial charge in [0.1, 0.15) is 0 Å². The molecule has 0 aromatic carbocycles. The number of rotatable bonds is 2. The Labute approximate surface area is 91.6 Å². The molecule has 0 atom stereocenters. The highest BCUT2D eigenvalue weighted by Gasteiger charge is 2.29. The highest BCUT2D eigenvalue weighted by molar-refractivity contribution is 5.73. The first kappa shape index (κ1) is 12.3. The van der Waals surface area contributed by atoms with Crippen molar-refractivity contribution in [1.82, 2.24) is 15.1 Å². The van der Waals surface area contributed by atoms with Crippen LogP contribution in [0.3, 0.4) is 0 Å². The van der Waals surface area contributed by atoms with Crippen molar-refractivity contribution in [2.24, 2.45) is 5.73 Å². The van der Waals surface area contributed by atoms with E-state index in [0.29, 0.717) is 6.54 Å². The summed E-state index contributed by atoms with van der Waals surface area (Å²) in [6.45, 7) is 8.29. The van der Waals surface area contributed by atoms with Gasteiger partial charge in [0.15, 0.2) is 0 Å². The number of amides is 2. The van der Waals surface area contributed by atoms with Crippen molar-refractivity contribution in [1.29, 1.82) is 0 Å². The molecular formula is C10H22N4O. The minimum Gasteiger partial charge on any atom is -0.341 e. The van der Waals surface area contributed by atoms with E-state index in [4.69, 9.17) is 5.73 Å². The highest BCUT2D eigenvalue weighted by atomic mass is 16.2. The maximum Gasteiger partial charge on any atom is 0.317 e. The number of carbonyl (C=O) groups is 1. The zero-order valence-corrected chi connectivity index (χ0v) is 9.92. The molecule has 0 aromatic rings. The van der Waals surface area contributed by atoms with Crippen LogP contribution in [0, 0.1) is 0 Å². The van der Waals surface area contributed by atoms with Crippen molar-refractivity contribution in [3.63, 3.8) is 0 Å². The van der Waals surface area contributed by atoms with Gasteiger partial charge in [-0.2, -0.15) is 0 Å². The first-order chi connectivity index (χ1) is 7.01. The summed E-state index contributed by atoms with van der Waals surface area (Å²) in [5.41, 5.74) is 5.76. The quantitative estimate of drug-likeness (QED) is 0.662. The second-order valence-electron chi connectivity index (χ2n) is 4.55. The van der Waals surface area contributed by atoms with E-state index in [2.05, 4.69) is 24.1 Å². The number of carbonyl (C=O) groups excluding carboxylic acids is 1. The lowest BCUT2D eigenvalue weighted by molar-refractivity contribution is 0.0690. The molecule has 88 valence electrons. The van der Waals surface area contributed by atoms with Crippen molar-refractivity contribution in [2.45, 2.75) is 19.4 Å². The number of nitrogens with two attached hydrogens (primary N) is 1. The summed E-state index contributed by atoms with van der Waals surface area (Å²) >= 11 is 0. The van der Waals surface area contributed by atoms with Crippen LogP contribution >= 0.6 is 0 Å². The molecule has 1 saturated heterocycles. The van der Waals surface area contributed by atoms with Gasteiger partial charge in [0.2, 0.25) is 0 Å². The Morgan fingerprint density at radius 2 is 1.87 bits per heavy atom. The van der Waals surface area contributed by atoms with Gasteiger partial charge in [0, 0.05) is 45.3 Å². The zero-order valence-electron chi connectivity index (χ0n) is 9.92. The molecule has 0 saturated carbocycles. The molecular weight excluding hydrogens is 192 g/mol. The Morgan fingerprint density at radius 1 is 1.33 bits per heavy atom. The van der Waals surface area contributed by atoms with E-state index in [9.17, 15) is 4.79 Å². The molecule has 0 aromatic heterocycles. The second-order valence-corrected chi connectivity index (χ2v) is 4.55. The number of nitrogens with zero attached hydrogens (tertiary/aromatic N) is 2. The molecule has 0 aliphatic carbocycles. The molecule has 3 N–H and O–H groups in total. The van der Waals surface area contributed by atoms with Gasteiger partial charge in [-0.05, 0) is 13.8 Å². The molecule has 1 aliphatic heterocycles. The molecule has 0 spiro atoms. The third-order valence-corrected chi connectivity index (χ3v) is 3.14. The van der Waals surface area contributed by atoms with E-state index >= 15 is 0 Å². The number of urea groups is 1. The molecule has 0 bridgehead atoms. The van der Waals surface area contributed by atoms with Crippen LogP contribution in [0.5, 0.6) is 0 Å². The summed E-state index contributed by atoms with van der Waals surface area (Å²) in [6.07, 6.45) is 0. The van der Waals surface area contributed by atoms with E-state index < -0.39 is 0 Å². The predicted octanol–water partition coefficient (Wildman–Crippen LogP) is -0.319. The van der Waals surface area contributed by atoms with Crippen molar-refractivity contribution in [3.8, 4) is 0 Å². The summed E-state index contributed by atoms with van der Waals surface area (Å²) in [7, 11) is 1.67. The summed E-state index contributed by atoms with van der Waals surface area (Å²) in [4.78, 5) is 15.5. The van der Waals surface area contributed by atoms with Gasteiger partial charge in [-0.3, -0.25) is 4.90 Å². The van der Waals surface area contributed by atoms with Crippen LogP contribution in [-0.4, -0.2) is 61.1 Å². The van der Waals surface area contributed by atoms with E-state index in [-0.39, 0.29) is 11.6 Å². The van der Waals surface area contributed by atoms with Gasteiger partial charge in [-0.25, -0.2) is 4.79 Å². The topological polar surface area (TPSA) is 61.6 Å². The van der Waals surface area contributed by atoms with Crippen molar-refractivity contribution in [3.05, 3.63) is 0 Å². The summed E-state index contributed by atoms with van der Waals surface area (Å²) in [5, 5.41) is 2.65. The molecule has 5 heteroatoms. The Morgan fingerprint density at radius 3 is 2.27 bits per heavy atom. The Bertz CT molecular complexity index is 221. The number of hydrogen-bond acceptors (Lipinski definition) is 3. The van der Waals surface area contributed by atoms with Crippen LogP contribution in [-0.2, 0) is 0 Å². The third-order valence-electron chi connectivity index (χ3n) is 3.14. The molecule has 1 fully saturated rings. The zero-order chi connectivity index (χ0) is 11.5. The lowest BCUT2D eigenvalue weighted by Crippen LogP contribution is -2.59. The normalized spacial score (nSPS) is 19.1. The predicted molar refractivity (Wildman–Crippen MR) is 60.7 cm³/mol. The monoisotopic (exact) mass is 214 g/mol. The summed E-state index contributed by atoms with van der Waals surface area (Å²) in [5.74, 6) is 0. The molecule has 5 nitrogen and oxygen atoms in total. The van der Waals surface area contributed by atoms with Gasteiger partial charge < -0.3 is 16.0 Å². The number of nitrogens with one attached hydrogen (secondary N) is 1. The maximum atomic E-state index is 11.4. The highest BCUT2D eigenvalue weighted by Crippen LogP contribution is 2.15. The standard InChI is InChI=1S/C10H22N4O/c1-10(2,8-11)14-6-4-13(5-7-14)9(15)12-3/h4-8,11H2,1-3H3,(H,12,15). The first-order valence-corrected chi connectivity index (χ1v) is 5.43. The van der Waals surface area contributed by atoms with E-state index in [0.717, 1.165) is 26.2 Å². The largest absolute Gasteiger partial charge is 0.341 e. The average Bonchev–Trinajstić information content (AvgIpc) is 2.28. The molecule has 1 heterocycles. The molecule has 0 unspecified atom stereocenters. The number of piperazine rings is 1. The molecule has 0 radical (unpaired) electrons. The van der Waals surface area contributed by atoms with Gasteiger partial charge in [-0.15, -0.1) is 0 Å². The Kier molecular flexibility index (Phi) is 3.93. The van der Waals surface area contributed by atoms with E-state index in [1.807, 2.05) is 4.90 Å². The first-order valence-electron chi connectivity index (χ1n) is 5.43. The van der Waals surface area contributed by atoms with Gasteiger partial charge >= 0.3 is 6.03 Å². The maximum absolute atomic E-state index is 11.4. The van der Waals surface area contributed by atoms with Crippen LogP contribution in [0.1, 0.15) is 13.8 Å². The fourth-order valence-electron chi connectivity index (χ4n) is 1.80. The van der Waals surface area contributed by atoms with Crippen molar-refractivity contribution < 1.29 is 4.79 Å². The van der Waals surface area contributed by atoms with Gasteiger partial charge in [0.05, 0.1) is 0 Å². The summed E-state index contributed by atoms with van der Waals surface area (Å²) < 4.78 is 0. The fraction of sp³-hybridized carbons (Fsp3) is 0.900. The van der Waals surface area contributed by atoms with Crippen LogP contribution in [0.15, 0.2) is 0 Å². The second kappa shape index (κ2) is 4.81. The van der Waals surface area contributed by atoms with Crippen molar-refractivity contribution in [2.75, 3.05) is 39.8 Å². The van der Waals surface area contributed by atoms with Crippen LogP contribution in [0.4, 0.5) is 4.79 Å². The lowest BCUT2D eigenvalue weighted by Gasteiger charge is -2.43. The SMILES string of the molecule is CNC(=O)N1CCN(C(C)(C)CN)CC1. The Balaban J connectivity index is 2.46.